The number of carbonyl (C=O) groups excluding carboxylic acids is 1. The van der Waals surface area contributed by atoms with Crippen LogP contribution in [-0.2, 0) is 24.7 Å². The van der Waals surface area contributed by atoms with Crippen molar-refractivity contribution in [3.8, 4) is 5.75 Å². The molecule has 0 heterocycles. The Balaban J connectivity index is 1.86. The zero-order valence-electron chi connectivity index (χ0n) is 20.0. The molecule has 0 aromatic heterocycles. The average Bonchev–Trinajstić information content (AvgIpc) is 2.83. The van der Waals surface area contributed by atoms with Gasteiger partial charge in [-0.3, -0.25) is 9.10 Å². The second-order valence-corrected chi connectivity index (χ2v) is 12.8. The summed E-state index contributed by atoms with van der Waals surface area (Å²) in [6, 6.07) is 18.3. The molecule has 0 spiro atoms. The summed E-state index contributed by atoms with van der Waals surface area (Å²) >= 11 is 3.30. The molecule has 1 N–H and O–H groups in total. The van der Waals surface area contributed by atoms with Crippen molar-refractivity contribution in [3.05, 3.63) is 82.8 Å². The predicted molar refractivity (Wildman–Crippen MR) is 142 cm³/mol. The van der Waals surface area contributed by atoms with E-state index in [4.69, 9.17) is 4.74 Å². The van der Waals surface area contributed by atoms with Crippen LogP contribution in [0.5, 0.6) is 5.75 Å². The average molecular weight is 596 g/mol. The highest BCUT2D eigenvalue weighted by molar-refractivity contribution is 9.10. The Bertz CT molecular complexity index is 1410. The summed E-state index contributed by atoms with van der Waals surface area (Å²) in [5.41, 5.74) is 0.987. The Labute approximate surface area is 220 Å². The first-order valence-corrected chi connectivity index (χ1v) is 15.1. The molecule has 3 aromatic carbocycles. The molecular weight excluding hydrogens is 568 g/mol. The van der Waals surface area contributed by atoms with Crippen molar-refractivity contribution in [1.29, 1.82) is 0 Å². The van der Waals surface area contributed by atoms with Crippen molar-refractivity contribution in [2.75, 3.05) is 23.7 Å². The van der Waals surface area contributed by atoms with Crippen LogP contribution < -0.4 is 14.4 Å². The molecule has 0 saturated heterocycles. The van der Waals surface area contributed by atoms with E-state index in [0.29, 0.717) is 23.6 Å². The largest absolute Gasteiger partial charge is 0.494 e. The molecule has 3 rings (SSSR count). The molecular formula is C25H27BrN2O6S2. The molecule has 0 aliphatic rings. The lowest BCUT2D eigenvalue weighted by atomic mass is 10.1. The van der Waals surface area contributed by atoms with Crippen LogP contribution >= 0.6 is 15.9 Å². The quantitative estimate of drug-likeness (QED) is 0.374. The number of rotatable bonds is 10. The molecule has 36 heavy (non-hydrogen) atoms. The number of anilines is 1. The van der Waals surface area contributed by atoms with E-state index >= 15 is 0 Å². The first kappa shape index (κ1) is 27.7. The number of sulfone groups is 1. The molecule has 0 bridgehead atoms. The van der Waals surface area contributed by atoms with Crippen LogP contribution in [0.15, 0.2) is 87.1 Å². The fourth-order valence-electron chi connectivity index (χ4n) is 3.43. The third-order valence-electron chi connectivity index (χ3n) is 5.31. The summed E-state index contributed by atoms with van der Waals surface area (Å²) in [5.74, 6) is 0.0575. The van der Waals surface area contributed by atoms with Gasteiger partial charge < -0.3 is 10.1 Å². The van der Waals surface area contributed by atoms with E-state index in [-0.39, 0.29) is 9.79 Å². The van der Waals surface area contributed by atoms with Gasteiger partial charge in [-0.25, -0.2) is 16.8 Å². The van der Waals surface area contributed by atoms with Crippen molar-refractivity contribution in [3.63, 3.8) is 0 Å². The van der Waals surface area contributed by atoms with E-state index in [1.165, 1.54) is 24.3 Å². The minimum absolute atomic E-state index is 0.0387. The van der Waals surface area contributed by atoms with Crippen molar-refractivity contribution in [1.82, 2.24) is 5.32 Å². The molecule has 3 aromatic rings. The number of nitrogens with zero attached hydrogens (tertiary/aromatic N) is 1. The molecule has 0 aliphatic carbocycles. The van der Waals surface area contributed by atoms with Gasteiger partial charge in [0.1, 0.15) is 12.3 Å². The predicted octanol–water partition coefficient (Wildman–Crippen LogP) is 4.32. The summed E-state index contributed by atoms with van der Waals surface area (Å²) in [6.07, 6.45) is 1.12. The van der Waals surface area contributed by atoms with Crippen LogP contribution in [-0.4, -0.2) is 42.2 Å². The highest BCUT2D eigenvalue weighted by atomic mass is 79.9. The summed E-state index contributed by atoms with van der Waals surface area (Å²) in [7, 11) is -7.41. The highest BCUT2D eigenvalue weighted by Gasteiger charge is 2.28. The van der Waals surface area contributed by atoms with Crippen LogP contribution in [0.1, 0.15) is 25.5 Å². The molecule has 11 heteroatoms. The van der Waals surface area contributed by atoms with Gasteiger partial charge in [0.05, 0.1) is 28.1 Å². The highest BCUT2D eigenvalue weighted by Crippen LogP contribution is 2.27. The Morgan fingerprint density at radius 1 is 0.917 bits per heavy atom. The number of ether oxygens (including phenoxy) is 1. The van der Waals surface area contributed by atoms with Gasteiger partial charge in [-0.1, -0.05) is 28.1 Å². The van der Waals surface area contributed by atoms with Gasteiger partial charge in [0.2, 0.25) is 5.91 Å². The molecule has 1 amide bonds. The summed E-state index contributed by atoms with van der Waals surface area (Å²) in [5, 5.41) is 2.79. The zero-order chi connectivity index (χ0) is 26.5. The number of nitrogens with one attached hydrogen (secondary N) is 1. The molecule has 8 nitrogen and oxygen atoms in total. The third-order valence-corrected chi connectivity index (χ3v) is 8.76. The van der Waals surface area contributed by atoms with Crippen molar-refractivity contribution in [2.24, 2.45) is 0 Å². The van der Waals surface area contributed by atoms with E-state index < -0.39 is 38.4 Å². The first-order chi connectivity index (χ1) is 16.9. The van der Waals surface area contributed by atoms with Gasteiger partial charge in [-0.2, -0.15) is 0 Å². The van der Waals surface area contributed by atoms with Gasteiger partial charge in [0, 0.05) is 10.7 Å². The number of hydrogen-bond acceptors (Lipinski definition) is 6. The van der Waals surface area contributed by atoms with Crippen LogP contribution in [0.4, 0.5) is 5.69 Å². The summed E-state index contributed by atoms with van der Waals surface area (Å²) in [4.78, 5) is 13.2. The minimum atomic E-state index is -4.07. The molecule has 192 valence electrons. The lowest BCUT2D eigenvalue weighted by Gasteiger charge is -2.25. The van der Waals surface area contributed by atoms with E-state index in [0.717, 1.165) is 15.0 Å². The van der Waals surface area contributed by atoms with Crippen molar-refractivity contribution in [2.45, 2.75) is 29.7 Å². The normalized spacial score (nSPS) is 12.6. The van der Waals surface area contributed by atoms with Crippen LogP contribution in [0.2, 0.25) is 0 Å². The molecule has 0 saturated carbocycles. The van der Waals surface area contributed by atoms with Crippen LogP contribution in [0, 0.1) is 0 Å². The molecule has 0 aliphatic heterocycles. The molecule has 0 fully saturated rings. The SMILES string of the molecule is CCOc1ccc(N(CC(=O)NC(C)c2ccc(S(C)(=O)=O)cc2)S(=O)(=O)c2ccc(Br)cc2)cc1. The third kappa shape index (κ3) is 6.86. The van der Waals surface area contributed by atoms with Crippen molar-refractivity contribution < 1.29 is 26.4 Å². The van der Waals surface area contributed by atoms with E-state index in [1.807, 2.05) is 6.92 Å². The van der Waals surface area contributed by atoms with Gasteiger partial charge in [-0.05, 0) is 80.1 Å². The number of carbonyl (C=O) groups is 1. The number of amides is 1. The topological polar surface area (TPSA) is 110 Å². The monoisotopic (exact) mass is 594 g/mol. The Hall–Kier alpha value is -2.89. The van der Waals surface area contributed by atoms with Crippen LogP contribution in [0.3, 0.4) is 0 Å². The second-order valence-electron chi connectivity index (χ2n) is 8.02. The maximum absolute atomic E-state index is 13.5. The van der Waals surface area contributed by atoms with Crippen LogP contribution in [0.25, 0.3) is 0 Å². The fraction of sp³-hybridized carbons (Fsp3) is 0.240. The van der Waals surface area contributed by atoms with Gasteiger partial charge in [0.15, 0.2) is 9.84 Å². The van der Waals surface area contributed by atoms with Gasteiger partial charge in [0.25, 0.3) is 10.0 Å². The minimum Gasteiger partial charge on any atom is -0.494 e. The maximum atomic E-state index is 13.5. The lowest BCUT2D eigenvalue weighted by molar-refractivity contribution is -0.120. The summed E-state index contributed by atoms with van der Waals surface area (Å²) < 4.78 is 57.6. The van der Waals surface area contributed by atoms with Gasteiger partial charge in [-0.15, -0.1) is 0 Å². The maximum Gasteiger partial charge on any atom is 0.264 e. The number of halogens is 1. The Kier molecular flexibility index (Phi) is 8.80. The van der Waals surface area contributed by atoms with Gasteiger partial charge >= 0.3 is 0 Å². The smallest absolute Gasteiger partial charge is 0.264 e. The van der Waals surface area contributed by atoms with E-state index in [9.17, 15) is 21.6 Å². The molecule has 1 atom stereocenters. The fourth-order valence-corrected chi connectivity index (χ4v) is 5.74. The number of sulfonamides is 1. The summed E-state index contributed by atoms with van der Waals surface area (Å²) in [6.45, 7) is 3.58. The number of hydrogen-bond donors (Lipinski definition) is 1. The molecule has 0 radical (unpaired) electrons. The lowest BCUT2D eigenvalue weighted by Crippen LogP contribution is -2.41. The zero-order valence-corrected chi connectivity index (χ0v) is 23.2. The first-order valence-electron chi connectivity index (χ1n) is 11.0. The second kappa shape index (κ2) is 11.4. The molecule has 1 unspecified atom stereocenters. The standard InChI is InChI=1S/C25H27BrN2O6S2/c1-4-34-22-11-9-21(10-12-22)28(36(32,33)24-15-7-20(26)8-16-24)17-25(29)27-18(2)19-5-13-23(14-6-19)35(3,30)31/h5-16,18H,4,17H2,1-3H3,(H,27,29). The Morgan fingerprint density at radius 2 is 1.47 bits per heavy atom. The van der Waals surface area contributed by atoms with Crippen molar-refractivity contribution >= 4 is 47.4 Å². The number of benzene rings is 3. The van der Waals surface area contributed by atoms with E-state index in [1.54, 1.807) is 55.5 Å². The Morgan fingerprint density at radius 3 is 2.00 bits per heavy atom. The van der Waals surface area contributed by atoms with E-state index in [2.05, 4.69) is 21.2 Å².